The second-order valence-electron chi connectivity index (χ2n) is 5.17. The fourth-order valence-corrected chi connectivity index (χ4v) is 1.95. The Balaban J connectivity index is 2.31. The van der Waals surface area contributed by atoms with Crippen molar-refractivity contribution in [3.05, 3.63) is 35.5 Å². The Morgan fingerprint density at radius 3 is 2.71 bits per heavy atom. The van der Waals surface area contributed by atoms with Crippen LogP contribution in [0.25, 0.3) is 10.9 Å². The Morgan fingerprint density at radius 2 is 2.00 bits per heavy atom. The molecule has 0 saturated carbocycles. The highest BCUT2D eigenvalue weighted by molar-refractivity contribution is 6.35. The van der Waals surface area contributed by atoms with Gasteiger partial charge in [-0.25, -0.2) is 0 Å². The highest BCUT2D eigenvalue weighted by atomic mass is 35.5. The third kappa shape index (κ3) is 2.84. The first-order chi connectivity index (χ1) is 7.97. The quantitative estimate of drug-likeness (QED) is 0.659. The number of nitrogens with zero attached hydrogens (tertiary/aromatic N) is 1. The summed E-state index contributed by atoms with van der Waals surface area (Å²) in [5, 5.41) is 1.89. The molecule has 88 valence electrons. The summed E-state index contributed by atoms with van der Waals surface area (Å²) in [4.78, 5) is 0. The molecule has 0 fully saturated rings. The molecule has 2 aromatic rings. The van der Waals surface area contributed by atoms with Gasteiger partial charge in [-0.05, 0) is 39.0 Å². The summed E-state index contributed by atoms with van der Waals surface area (Å²) in [6.45, 7) is 7.06. The molecule has 0 unspecified atom stereocenters. The molecule has 1 aromatic heterocycles. The number of hydrogen-bond donors (Lipinski definition) is 0. The van der Waals surface area contributed by atoms with E-state index in [1.807, 2.05) is 24.4 Å². The highest BCUT2D eigenvalue weighted by Gasteiger charge is 2.04. The Kier molecular flexibility index (Phi) is 3.17. The van der Waals surface area contributed by atoms with Crippen LogP contribution in [-0.2, 0) is 6.54 Å². The SMILES string of the molecule is CC(C)(C)C#CCn1ccc2c(Cl)cccc21. The van der Waals surface area contributed by atoms with E-state index in [-0.39, 0.29) is 5.41 Å². The summed E-state index contributed by atoms with van der Waals surface area (Å²) in [7, 11) is 0. The molecule has 1 aromatic carbocycles. The smallest absolute Gasteiger partial charge is 0.0837 e. The van der Waals surface area contributed by atoms with Crippen molar-refractivity contribution in [3.63, 3.8) is 0 Å². The van der Waals surface area contributed by atoms with Gasteiger partial charge >= 0.3 is 0 Å². The monoisotopic (exact) mass is 245 g/mol. The van der Waals surface area contributed by atoms with E-state index in [4.69, 9.17) is 11.6 Å². The Hall–Kier alpha value is -1.39. The van der Waals surface area contributed by atoms with Crippen LogP contribution in [-0.4, -0.2) is 4.57 Å². The minimum atomic E-state index is 0.0562. The van der Waals surface area contributed by atoms with Gasteiger partial charge in [0.15, 0.2) is 0 Å². The minimum absolute atomic E-state index is 0.0562. The van der Waals surface area contributed by atoms with Crippen LogP contribution < -0.4 is 0 Å². The van der Waals surface area contributed by atoms with E-state index in [2.05, 4.69) is 43.2 Å². The second-order valence-corrected chi connectivity index (χ2v) is 5.58. The molecule has 1 nitrogen and oxygen atoms in total. The lowest BCUT2D eigenvalue weighted by atomic mass is 9.98. The summed E-state index contributed by atoms with van der Waals surface area (Å²) in [6, 6.07) is 7.99. The lowest BCUT2D eigenvalue weighted by Crippen LogP contribution is -2.01. The lowest BCUT2D eigenvalue weighted by Gasteiger charge is -2.07. The minimum Gasteiger partial charge on any atom is -0.336 e. The molecule has 0 radical (unpaired) electrons. The van der Waals surface area contributed by atoms with E-state index in [1.54, 1.807) is 0 Å². The van der Waals surface area contributed by atoms with Gasteiger partial charge in [-0.15, -0.1) is 0 Å². The maximum absolute atomic E-state index is 6.13. The Morgan fingerprint density at radius 1 is 1.24 bits per heavy atom. The summed E-state index contributed by atoms with van der Waals surface area (Å²) in [6.07, 6.45) is 2.04. The standard InChI is InChI=1S/C15H16ClN/c1-15(2,3)9-5-10-17-11-8-12-13(16)6-4-7-14(12)17/h4,6-8,11H,10H2,1-3H3. The molecular formula is C15H16ClN. The van der Waals surface area contributed by atoms with Crippen LogP contribution in [0.5, 0.6) is 0 Å². The number of aromatic nitrogens is 1. The number of hydrogen-bond acceptors (Lipinski definition) is 0. The van der Waals surface area contributed by atoms with Gasteiger partial charge in [0.05, 0.1) is 12.1 Å². The molecule has 0 atom stereocenters. The van der Waals surface area contributed by atoms with Crippen LogP contribution in [0.15, 0.2) is 30.5 Å². The topological polar surface area (TPSA) is 4.93 Å². The zero-order valence-electron chi connectivity index (χ0n) is 10.4. The molecule has 0 aliphatic rings. The zero-order valence-corrected chi connectivity index (χ0v) is 11.2. The lowest BCUT2D eigenvalue weighted by molar-refractivity contribution is 0.569. The summed E-state index contributed by atoms with van der Waals surface area (Å²) < 4.78 is 2.12. The van der Waals surface area contributed by atoms with E-state index < -0.39 is 0 Å². The van der Waals surface area contributed by atoms with Crippen molar-refractivity contribution in [2.24, 2.45) is 5.41 Å². The van der Waals surface area contributed by atoms with E-state index >= 15 is 0 Å². The van der Waals surface area contributed by atoms with Gasteiger partial charge in [0.25, 0.3) is 0 Å². The summed E-state index contributed by atoms with van der Waals surface area (Å²) >= 11 is 6.13. The Bertz CT molecular complexity index is 591. The molecule has 0 N–H and O–H groups in total. The number of benzene rings is 1. The van der Waals surface area contributed by atoms with Crippen LogP contribution in [0.1, 0.15) is 20.8 Å². The second kappa shape index (κ2) is 4.47. The molecule has 0 saturated heterocycles. The molecule has 17 heavy (non-hydrogen) atoms. The fourth-order valence-electron chi connectivity index (χ4n) is 1.71. The van der Waals surface area contributed by atoms with E-state index in [0.29, 0.717) is 6.54 Å². The first-order valence-electron chi connectivity index (χ1n) is 5.71. The predicted octanol–water partition coefficient (Wildman–Crippen LogP) is 4.34. The molecular weight excluding hydrogens is 230 g/mol. The van der Waals surface area contributed by atoms with Crippen molar-refractivity contribution >= 4 is 22.5 Å². The molecule has 0 bridgehead atoms. The van der Waals surface area contributed by atoms with Crippen LogP contribution in [0, 0.1) is 17.3 Å². The van der Waals surface area contributed by atoms with Gasteiger partial charge < -0.3 is 4.57 Å². The van der Waals surface area contributed by atoms with Gasteiger partial charge in [-0.2, -0.15) is 0 Å². The highest BCUT2D eigenvalue weighted by Crippen LogP contribution is 2.24. The normalized spacial score (nSPS) is 11.3. The maximum Gasteiger partial charge on any atom is 0.0837 e. The molecule has 1 heterocycles. The Labute approximate surface area is 107 Å². The average molecular weight is 246 g/mol. The third-order valence-electron chi connectivity index (χ3n) is 2.47. The van der Waals surface area contributed by atoms with Crippen LogP contribution in [0.3, 0.4) is 0 Å². The molecule has 0 amide bonds. The predicted molar refractivity (Wildman–Crippen MR) is 74.2 cm³/mol. The van der Waals surface area contributed by atoms with Crippen molar-refractivity contribution in [1.29, 1.82) is 0 Å². The first-order valence-corrected chi connectivity index (χ1v) is 6.08. The van der Waals surface area contributed by atoms with Gasteiger partial charge in [-0.3, -0.25) is 0 Å². The zero-order chi connectivity index (χ0) is 12.5. The summed E-state index contributed by atoms with van der Waals surface area (Å²) in [5.74, 6) is 6.44. The van der Waals surface area contributed by atoms with Crippen molar-refractivity contribution in [1.82, 2.24) is 4.57 Å². The molecule has 2 rings (SSSR count). The van der Waals surface area contributed by atoms with E-state index in [1.165, 1.54) is 0 Å². The van der Waals surface area contributed by atoms with Crippen molar-refractivity contribution in [3.8, 4) is 11.8 Å². The number of rotatable bonds is 1. The number of halogens is 1. The van der Waals surface area contributed by atoms with Crippen molar-refractivity contribution < 1.29 is 0 Å². The average Bonchev–Trinajstić information content (AvgIpc) is 2.61. The van der Waals surface area contributed by atoms with Gasteiger partial charge in [0.1, 0.15) is 0 Å². The van der Waals surface area contributed by atoms with Crippen molar-refractivity contribution in [2.45, 2.75) is 27.3 Å². The molecule has 2 heteroatoms. The largest absolute Gasteiger partial charge is 0.336 e. The molecule has 0 aliphatic heterocycles. The number of fused-ring (bicyclic) bond motifs is 1. The van der Waals surface area contributed by atoms with Gasteiger partial charge in [-0.1, -0.05) is 29.5 Å². The summed E-state index contributed by atoms with van der Waals surface area (Å²) in [5.41, 5.74) is 1.20. The van der Waals surface area contributed by atoms with Crippen LogP contribution in [0.4, 0.5) is 0 Å². The maximum atomic E-state index is 6.13. The molecule has 0 spiro atoms. The van der Waals surface area contributed by atoms with E-state index in [0.717, 1.165) is 15.9 Å². The third-order valence-corrected chi connectivity index (χ3v) is 2.80. The van der Waals surface area contributed by atoms with Gasteiger partial charge in [0, 0.05) is 22.0 Å². The van der Waals surface area contributed by atoms with E-state index in [9.17, 15) is 0 Å². The van der Waals surface area contributed by atoms with Crippen molar-refractivity contribution in [2.75, 3.05) is 0 Å². The molecule has 0 aliphatic carbocycles. The first kappa shape index (κ1) is 12.1. The van der Waals surface area contributed by atoms with Gasteiger partial charge in [0.2, 0.25) is 0 Å². The van der Waals surface area contributed by atoms with Crippen LogP contribution in [0.2, 0.25) is 5.02 Å². The van der Waals surface area contributed by atoms with Crippen LogP contribution >= 0.6 is 11.6 Å². The fraction of sp³-hybridized carbons (Fsp3) is 0.333.